The summed E-state index contributed by atoms with van der Waals surface area (Å²) in [5.41, 5.74) is 7.88. The lowest BCUT2D eigenvalue weighted by Crippen LogP contribution is -2.34. The second-order valence-corrected chi connectivity index (χ2v) is 8.49. The smallest absolute Gasteiger partial charge is 0.278 e. The first-order valence-electron chi connectivity index (χ1n) is 10.9. The zero-order chi connectivity index (χ0) is 22.8. The normalized spacial score (nSPS) is 13.8. The van der Waals surface area contributed by atoms with E-state index in [1.165, 1.54) is 4.90 Å². The molecule has 4 nitrogen and oxygen atoms in total. The summed E-state index contributed by atoms with van der Waals surface area (Å²) in [7, 11) is 0. The van der Waals surface area contributed by atoms with E-state index in [-0.39, 0.29) is 11.8 Å². The van der Waals surface area contributed by atoms with Crippen LogP contribution in [-0.2, 0) is 16.0 Å². The maximum atomic E-state index is 13.5. The molecule has 0 bridgehead atoms. The zero-order valence-electron chi connectivity index (χ0n) is 19.0. The molecule has 162 valence electrons. The van der Waals surface area contributed by atoms with Gasteiger partial charge in [0.25, 0.3) is 11.8 Å². The molecule has 4 rings (SSSR count). The van der Waals surface area contributed by atoms with E-state index in [4.69, 9.17) is 0 Å². The highest BCUT2D eigenvalue weighted by Crippen LogP contribution is 2.32. The van der Waals surface area contributed by atoms with E-state index in [9.17, 15) is 9.59 Å². The molecular weight excluding hydrogens is 396 g/mol. The van der Waals surface area contributed by atoms with E-state index in [0.29, 0.717) is 24.2 Å². The molecule has 3 aromatic rings. The third-order valence-electron chi connectivity index (χ3n) is 6.07. The molecule has 0 unspecified atom stereocenters. The molecule has 1 N–H and O–H groups in total. The zero-order valence-corrected chi connectivity index (χ0v) is 19.0. The summed E-state index contributed by atoms with van der Waals surface area (Å²) < 4.78 is 0. The van der Waals surface area contributed by atoms with Gasteiger partial charge in [-0.05, 0) is 68.0 Å². The number of nitrogens with one attached hydrogen (secondary N) is 1. The summed E-state index contributed by atoms with van der Waals surface area (Å²) in [6, 6.07) is 21.8. The number of anilines is 1. The van der Waals surface area contributed by atoms with Crippen LogP contribution in [-0.4, -0.2) is 23.3 Å². The Morgan fingerprint density at radius 2 is 1.50 bits per heavy atom. The van der Waals surface area contributed by atoms with Crippen molar-refractivity contribution in [3.8, 4) is 0 Å². The van der Waals surface area contributed by atoms with Gasteiger partial charge in [0.15, 0.2) is 0 Å². The van der Waals surface area contributed by atoms with Crippen LogP contribution in [0, 0.1) is 27.7 Å². The standard InChI is InChI=1S/C28H28N2O2/c1-18-10-13-24(21(4)16-18)29-26-25(23-12-11-19(2)20(3)17-23)27(31)30(28(26)32)15-14-22-8-6-5-7-9-22/h5-13,16-17,29H,14-15H2,1-4H3. The summed E-state index contributed by atoms with van der Waals surface area (Å²) in [5.74, 6) is -0.527. The largest absolute Gasteiger partial charge is 0.350 e. The molecule has 3 aromatic carbocycles. The van der Waals surface area contributed by atoms with E-state index >= 15 is 0 Å². The second kappa shape index (κ2) is 8.83. The molecule has 32 heavy (non-hydrogen) atoms. The van der Waals surface area contributed by atoms with Crippen LogP contribution < -0.4 is 5.32 Å². The van der Waals surface area contributed by atoms with Gasteiger partial charge in [0, 0.05) is 12.2 Å². The van der Waals surface area contributed by atoms with E-state index < -0.39 is 0 Å². The molecule has 0 aliphatic carbocycles. The monoisotopic (exact) mass is 424 g/mol. The van der Waals surface area contributed by atoms with Crippen molar-refractivity contribution in [3.63, 3.8) is 0 Å². The van der Waals surface area contributed by atoms with E-state index in [2.05, 4.69) is 11.4 Å². The molecule has 0 saturated heterocycles. The number of amides is 2. The molecule has 1 aliphatic heterocycles. The molecule has 0 saturated carbocycles. The van der Waals surface area contributed by atoms with Gasteiger partial charge in [0.2, 0.25) is 0 Å². The van der Waals surface area contributed by atoms with Crippen LogP contribution in [0.5, 0.6) is 0 Å². The van der Waals surface area contributed by atoms with E-state index in [1.54, 1.807) is 0 Å². The van der Waals surface area contributed by atoms with Crippen molar-refractivity contribution in [2.24, 2.45) is 0 Å². The van der Waals surface area contributed by atoms with Crippen LogP contribution in [0.4, 0.5) is 5.69 Å². The van der Waals surface area contributed by atoms with Crippen molar-refractivity contribution in [3.05, 3.63) is 106 Å². The van der Waals surface area contributed by atoms with Gasteiger partial charge in [-0.25, -0.2) is 0 Å². The number of imide groups is 1. The van der Waals surface area contributed by atoms with Crippen molar-refractivity contribution in [1.82, 2.24) is 4.90 Å². The Morgan fingerprint density at radius 1 is 0.750 bits per heavy atom. The lowest BCUT2D eigenvalue weighted by Gasteiger charge is -2.16. The van der Waals surface area contributed by atoms with Gasteiger partial charge in [-0.2, -0.15) is 0 Å². The Bertz CT molecular complexity index is 1230. The van der Waals surface area contributed by atoms with Crippen molar-refractivity contribution in [2.75, 3.05) is 11.9 Å². The van der Waals surface area contributed by atoms with Gasteiger partial charge >= 0.3 is 0 Å². The molecule has 1 aliphatic rings. The van der Waals surface area contributed by atoms with Crippen molar-refractivity contribution >= 4 is 23.1 Å². The number of carbonyl (C=O) groups excluding carboxylic acids is 2. The average molecular weight is 425 g/mol. The van der Waals surface area contributed by atoms with E-state index in [0.717, 1.165) is 39.1 Å². The average Bonchev–Trinajstić information content (AvgIpc) is 3.00. The highest BCUT2D eigenvalue weighted by atomic mass is 16.2. The lowest BCUT2D eigenvalue weighted by atomic mass is 9.99. The Hall–Kier alpha value is -3.66. The van der Waals surface area contributed by atoms with E-state index in [1.807, 2.05) is 88.4 Å². The molecule has 0 spiro atoms. The number of benzene rings is 3. The third kappa shape index (κ3) is 4.22. The summed E-state index contributed by atoms with van der Waals surface area (Å²) in [6.45, 7) is 8.43. The summed E-state index contributed by atoms with van der Waals surface area (Å²) >= 11 is 0. The molecule has 0 radical (unpaired) electrons. The topological polar surface area (TPSA) is 49.4 Å². The lowest BCUT2D eigenvalue weighted by molar-refractivity contribution is -0.136. The summed E-state index contributed by atoms with van der Waals surface area (Å²) in [5, 5.41) is 3.29. The van der Waals surface area contributed by atoms with Crippen LogP contribution in [0.25, 0.3) is 5.57 Å². The number of rotatable bonds is 6. The predicted octanol–water partition coefficient (Wildman–Crippen LogP) is 5.35. The fourth-order valence-corrected chi connectivity index (χ4v) is 4.03. The Balaban J connectivity index is 1.72. The first-order valence-corrected chi connectivity index (χ1v) is 10.9. The van der Waals surface area contributed by atoms with Crippen LogP contribution in [0.15, 0.2) is 72.4 Å². The molecule has 0 fully saturated rings. The van der Waals surface area contributed by atoms with Gasteiger partial charge in [0.05, 0.1) is 5.57 Å². The minimum atomic E-state index is -0.279. The molecule has 1 heterocycles. The molecule has 2 amide bonds. The Kier molecular flexibility index (Phi) is 5.95. The highest BCUT2D eigenvalue weighted by Gasteiger charge is 2.39. The molecule has 0 aromatic heterocycles. The Labute approximate surface area is 189 Å². The summed E-state index contributed by atoms with van der Waals surface area (Å²) in [6.07, 6.45) is 0.620. The number of hydrogen-bond acceptors (Lipinski definition) is 3. The number of hydrogen-bond donors (Lipinski definition) is 1. The minimum absolute atomic E-state index is 0.249. The fourth-order valence-electron chi connectivity index (χ4n) is 4.03. The quantitative estimate of drug-likeness (QED) is 0.542. The summed E-state index contributed by atoms with van der Waals surface area (Å²) in [4.78, 5) is 28.3. The molecular formula is C28H28N2O2. The van der Waals surface area contributed by atoms with Crippen LogP contribution in [0.3, 0.4) is 0 Å². The van der Waals surface area contributed by atoms with Crippen LogP contribution in [0.2, 0.25) is 0 Å². The second-order valence-electron chi connectivity index (χ2n) is 8.49. The Morgan fingerprint density at radius 3 is 2.19 bits per heavy atom. The van der Waals surface area contributed by atoms with Gasteiger partial charge in [0.1, 0.15) is 5.70 Å². The minimum Gasteiger partial charge on any atom is -0.350 e. The molecule has 0 atom stereocenters. The highest BCUT2D eigenvalue weighted by molar-refractivity contribution is 6.36. The van der Waals surface area contributed by atoms with Crippen LogP contribution in [0.1, 0.15) is 33.4 Å². The van der Waals surface area contributed by atoms with Crippen molar-refractivity contribution in [1.29, 1.82) is 0 Å². The predicted molar refractivity (Wildman–Crippen MR) is 129 cm³/mol. The third-order valence-corrected chi connectivity index (χ3v) is 6.07. The number of nitrogens with zero attached hydrogens (tertiary/aromatic N) is 1. The molecule has 4 heteroatoms. The maximum absolute atomic E-state index is 13.5. The van der Waals surface area contributed by atoms with Crippen molar-refractivity contribution in [2.45, 2.75) is 34.1 Å². The number of carbonyl (C=O) groups is 2. The fraction of sp³-hybridized carbons (Fsp3) is 0.214. The SMILES string of the molecule is Cc1ccc(NC2=C(c3ccc(C)c(C)c3)C(=O)N(CCc3ccccc3)C2=O)c(C)c1. The van der Waals surface area contributed by atoms with Gasteiger partial charge in [-0.1, -0.05) is 66.2 Å². The van der Waals surface area contributed by atoms with Crippen molar-refractivity contribution < 1.29 is 9.59 Å². The van der Waals surface area contributed by atoms with Gasteiger partial charge in [-0.3, -0.25) is 14.5 Å². The van der Waals surface area contributed by atoms with Gasteiger partial charge in [-0.15, -0.1) is 0 Å². The first-order chi connectivity index (χ1) is 15.3. The van der Waals surface area contributed by atoms with Crippen LogP contribution >= 0.6 is 0 Å². The van der Waals surface area contributed by atoms with Gasteiger partial charge < -0.3 is 5.32 Å². The maximum Gasteiger partial charge on any atom is 0.278 e. The first kappa shape index (κ1) is 21.6. The number of aryl methyl sites for hydroxylation is 4.